The van der Waals surface area contributed by atoms with Crippen molar-refractivity contribution in [2.24, 2.45) is 5.73 Å². The first kappa shape index (κ1) is 13.9. The first-order valence-corrected chi connectivity index (χ1v) is 5.37. The average molecular weight is 301 g/mol. The summed E-state index contributed by atoms with van der Waals surface area (Å²) in [6.07, 6.45) is 0.523. The third-order valence-corrected chi connectivity index (χ3v) is 3.13. The summed E-state index contributed by atoms with van der Waals surface area (Å²) >= 11 is 4.91. The van der Waals surface area contributed by atoms with Crippen LogP contribution in [0.2, 0.25) is 0 Å². The van der Waals surface area contributed by atoms with Crippen LogP contribution in [-0.2, 0) is 16.0 Å². The zero-order valence-electron chi connectivity index (χ0n) is 7.53. The maximum Gasteiger partial charge on any atom is 0.322 e. The second kappa shape index (κ2) is 6.40. The number of methoxy groups -OCH3 is 1. The monoisotopic (exact) mass is 299 g/mol. The van der Waals surface area contributed by atoms with Gasteiger partial charge in [0.25, 0.3) is 0 Å². The lowest BCUT2D eigenvalue weighted by Gasteiger charge is -2.06. The molecule has 0 aliphatic heterocycles. The number of carbonyl (C=O) groups excluding carboxylic acids is 1. The van der Waals surface area contributed by atoms with Gasteiger partial charge in [-0.2, -0.15) is 0 Å². The molecule has 0 bridgehead atoms. The van der Waals surface area contributed by atoms with Crippen LogP contribution in [0, 0.1) is 0 Å². The van der Waals surface area contributed by atoms with Crippen LogP contribution < -0.4 is 5.73 Å². The molecule has 0 aliphatic rings. The largest absolute Gasteiger partial charge is 0.468 e. The highest BCUT2D eigenvalue weighted by Crippen LogP contribution is 2.21. The van der Waals surface area contributed by atoms with E-state index in [2.05, 4.69) is 20.7 Å². The number of esters is 1. The van der Waals surface area contributed by atoms with Gasteiger partial charge in [-0.3, -0.25) is 4.79 Å². The molecule has 0 unspecified atom stereocenters. The second-order valence-electron chi connectivity index (χ2n) is 2.59. The van der Waals surface area contributed by atoms with Crippen molar-refractivity contribution < 1.29 is 9.53 Å². The third-order valence-electron chi connectivity index (χ3n) is 1.58. The van der Waals surface area contributed by atoms with E-state index < -0.39 is 6.04 Å². The van der Waals surface area contributed by atoms with Crippen LogP contribution in [0.3, 0.4) is 0 Å². The van der Waals surface area contributed by atoms with Crippen molar-refractivity contribution in [3.63, 3.8) is 0 Å². The average Bonchev–Trinajstić information content (AvgIpc) is 2.49. The van der Waals surface area contributed by atoms with E-state index in [1.54, 1.807) is 11.3 Å². The Morgan fingerprint density at radius 2 is 2.43 bits per heavy atom. The van der Waals surface area contributed by atoms with Crippen molar-refractivity contribution in [1.29, 1.82) is 0 Å². The Balaban J connectivity index is 0.00000169. The molecular formula is C8H11BrClNO2S. The van der Waals surface area contributed by atoms with Crippen molar-refractivity contribution in [3.8, 4) is 0 Å². The molecule has 14 heavy (non-hydrogen) atoms. The minimum absolute atomic E-state index is 0. The number of hydrogen-bond acceptors (Lipinski definition) is 4. The normalized spacial score (nSPS) is 11.6. The number of hydrogen-bond donors (Lipinski definition) is 1. The van der Waals surface area contributed by atoms with Crippen molar-refractivity contribution in [2.45, 2.75) is 12.5 Å². The van der Waals surface area contributed by atoms with Gasteiger partial charge in [0.05, 0.1) is 10.9 Å². The Morgan fingerprint density at radius 1 is 1.79 bits per heavy atom. The molecule has 0 saturated carbocycles. The Hall–Kier alpha value is -0.100. The minimum Gasteiger partial charge on any atom is -0.468 e. The first-order valence-electron chi connectivity index (χ1n) is 3.70. The summed E-state index contributed by atoms with van der Waals surface area (Å²) in [4.78, 5) is 11.0. The predicted molar refractivity (Wildman–Crippen MR) is 63.0 cm³/mol. The number of halogens is 2. The Kier molecular flexibility index (Phi) is 6.35. The molecular weight excluding hydrogens is 290 g/mol. The molecule has 6 heteroatoms. The van der Waals surface area contributed by atoms with Crippen LogP contribution in [0.25, 0.3) is 0 Å². The van der Waals surface area contributed by atoms with Crippen molar-refractivity contribution in [1.82, 2.24) is 0 Å². The molecule has 1 aromatic heterocycles. The van der Waals surface area contributed by atoms with E-state index in [4.69, 9.17) is 5.73 Å². The number of carbonyl (C=O) groups is 1. The fraction of sp³-hybridized carbons (Fsp3) is 0.375. The molecule has 2 N–H and O–H groups in total. The molecule has 0 saturated heterocycles. The lowest BCUT2D eigenvalue weighted by molar-refractivity contribution is -0.142. The molecule has 0 amide bonds. The molecule has 0 spiro atoms. The molecule has 1 atom stereocenters. The van der Waals surface area contributed by atoms with Gasteiger partial charge in [0.15, 0.2) is 0 Å². The van der Waals surface area contributed by atoms with Gasteiger partial charge in [0, 0.05) is 0 Å². The summed E-state index contributed by atoms with van der Waals surface area (Å²) in [5.74, 6) is -0.373. The molecule has 0 aliphatic carbocycles. The molecule has 80 valence electrons. The minimum atomic E-state index is -0.563. The number of rotatable bonds is 3. The second-order valence-corrected chi connectivity index (χ2v) is 4.88. The van der Waals surface area contributed by atoms with Gasteiger partial charge >= 0.3 is 5.97 Å². The fourth-order valence-electron chi connectivity index (χ4n) is 0.941. The fourth-order valence-corrected chi connectivity index (χ4v) is 2.16. The van der Waals surface area contributed by atoms with Gasteiger partial charge in [0.2, 0.25) is 0 Å². The zero-order valence-corrected chi connectivity index (χ0v) is 10.7. The summed E-state index contributed by atoms with van der Waals surface area (Å²) in [7, 11) is 1.34. The van der Waals surface area contributed by atoms with Gasteiger partial charge in [-0.1, -0.05) is 0 Å². The van der Waals surface area contributed by atoms with E-state index in [0.717, 1.165) is 9.35 Å². The quantitative estimate of drug-likeness (QED) is 0.869. The van der Waals surface area contributed by atoms with Crippen LogP contribution in [0.4, 0.5) is 0 Å². The van der Waals surface area contributed by atoms with Crippen LogP contribution in [0.5, 0.6) is 0 Å². The number of ether oxygens (including phenoxy) is 1. The highest BCUT2D eigenvalue weighted by atomic mass is 79.9. The highest BCUT2D eigenvalue weighted by Gasteiger charge is 2.14. The lowest BCUT2D eigenvalue weighted by Crippen LogP contribution is -2.33. The molecule has 3 nitrogen and oxygen atoms in total. The Labute approximate surface area is 101 Å². The highest BCUT2D eigenvalue weighted by molar-refractivity contribution is 9.11. The van der Waals surface area contributed by atoms with E-state index in [9.17, 15) is 4.79 Å². The van der Waals surface area contributed by atoms with Gasteiger partial charge in [0.1, 0.15) is 6.04 Å². The van der Waals surface area contributed by atoms with Crippen LogP contribution >= 0.6 is 39.7 Å². The van der Waals surface area contributed by atoms with E-state index >= 15 is 0 Å². The molecule has 0 aromatic carbocycles. The molecule has 1 rings (SSSR count). The van der Waals surface area contributed by atoms with Crippen LogP contribution in [0.1, 0.15) is 5.56 Å². The van der Waals surface area contributed by atoms with Crippen molar-refractivity contribution in [2.75, 3.05) is 7.11 Å². The maximum absolute atomic E-state index is 11.0. The summed E-state index contributed by atoms with van der Waals surface area (Å²) in [6, 6.07) is 1.39. The first-order chi connectivity index (χ1) is 6.13. The van der Waals surface area contributed by atoms with Gasteiger partial charge in [-0.15, -0.1) is 23.7 Å². The smallest absolute Gasteiger partial charge is 0.322 e. The maximum atomic E-state index is 11.0. The topological polar surface area (TPSA) is 52.3 Å². The standard InChI is InChI=1S/C8H10BrNO2S.ClH/c1-12-8(11)6(10)2-5-3-7(9)13-4-5;/h3-4,6H,2,10H2,1H3;1H/t6-;/m1./s1. The Morgan fingerprint density at radius 3 is 2.86 bits per heavy atom. The van der Waals surface area contributed by atoms with Crippen LogP contribution in [-0.4, -0.2) is 19.1 Å². The number of thiophene rings is 1. The Bertz CT molecular complexity index is 305. The van der Waals surface area contributed by atoms with Crippen molar-refractivity contribution in [3.05, 3.63) is 20.8 Å². The van der Waals surface area contributed by atoms with Gasteiger partial charge < -0.3 is 10.5 Å². The van der Waals surface area contributed by atoms with Gasteiger partial charge in [-0.25, -0.2) is 0 Å². The predicted octanol–water partition coefficient (Wildman–Crippen LogP) is 1.98. The summed E-state index contributed by atoms with van der Waals surface area (Å²) in [5, 5.41) is 1.97. The van der Waals surface area contributed by atoms with Crippen molar-refractivity contribution >= 4 is 45.6 Å². The SMILES string of the molecule is COC(=O)[C@H](N)Cc1csc(Br)c1.Cl. The zero-order chi connectivity index (χ0) is 9.84. The van der Waals surface area contributed by atoms with Crippen LogP contribution in [0.15, 0.2) is 15.2 Å². The summed E-state index contributed by atoms with van der Waals surface area (Å²) in [6.45, 7) is 0. The molecule has 1 aromatic rings. The van der Waals surface area contributed by atoms with E-state index in [1.165, 1.54) is 7.11 Å². The molecule has 0 fully saturated rings. The van der Waals surface area contributed by atoms with E-state index in [0.29, 0.717) is 6.42 Å². The van der Waals surface area contributed by atoms with Gasteiger partial charge in [-0.05, 0) is 39.4 Å². The van der Waals surface area contributed by atoms with E-state index in [-0.39, 0.29) is 18.4 Å². The third kappa shape index (κ3) is 3.96. The van der Waals surface area contributed by atoms with E-state index in [1.807, 2.05) is 11.4 Å². The molecule has 0 radical (unpaired) electrons. The summed E-state index contributed by atoms with van der Waals surface area (Å²) in [5.41, 5.74) is 6.63. The lowest BCUT2D eigenvalue weighted by atomic mass is 10.1. The molecule has 1 heterocycles. The number of nitrogens with two attached hydrogens (primary N) is 1. The summed E-state index contributed by atoms with van der Waals surface area (Å²) < 4.78 is 5.56.